The Bertz CT molecular complexity index is 721. The van der Waals surface area contributed by atoms with E-state index in [1.807, 2.05) is 0 Å². The lowest BCUT2D eigenvalue weighted by atomic mass is 10.1. The van der Waals surface area contributed by atoms with Gasteiger partial charge >= 0.3 is 0 Å². The Morgan fingerprint density at radius 3 is 2.36 bits per heavy atom. The highest BCUT2D eigenvalue weighted by atomic mass is 35.5. The van der Waals surface area contributed by atoms with Crippen LogP contribution >= 0.6 is 23.2 Å². The van der Waals surface area contributed by atoms with Crippen molar-refractivity contribution in [3.63, 3.8) is 0 Å². The molecule has 114 valence electrons. The van der Waals surface area contributed by atoms with E-state index in [9.17, 15) is 19.3 Å². The summed E-state index contributed by atoms with van der Waals surface area (Å²) < 4.78 is 12.9. The molecule has 1 N–H and O–H groups in total. The van der Waals surface area contributed by atoms with E-state index in [0.717, 1.165) is 6.07 Å². The quantitative estimate of drug-likeness (QED) is 0.376. The highest BCUT2D eigenvalue weighted by Gasteiger charge is 2.20. The zero-order valence-corrected chi connectivity index (χ0v) is 12.4. The Labute approximate surface area is 134 Å². The number of benzene rings is 2. The number of anilines is 2. The second-order valence-corrected chi connectivity index (χ2v) is 5.38. The Balaban J connectivity index is 2.37. The number of carbonyl (C=O) groups excluding carboxylic acids is 1. The molecule has 0 radical (unpaired) electrons. The molecule has 0 amide bonds. The number of rotatable bonds is 5. The Hall–Kier alpha value is -2.18. The van der Waals surface area contributed by atoms with Crippen molar-refractivity contribution in [2.24, 2.45) is 0 Å². The van der Waals surface area contributed by atoms with E-state index in [2.05, 4.69) is 5.32 Å². The zero-order valence-electron chi connectivity index (χ0n) is 10.9. The first-order chi connectivity index (χ1) is 10.4. The van der Waals surface area contributed by atoms with Crippen LogP contribution in [0.3, 0.4) is 0 Å². The molecule has 5 nitrogen and oxygen atoms in total. The molecule has 0 atom stereocenters. The summed E-state index contributed by atoms with van der Waals surface area (Å²) in [7, 11) is 0. The van der Waals surface area contributed by atoms with Gasteiger partial charge in [0, 0.05) is 17.3 Å². The molecule has 0 aliphatic heterocycles. The van der Waals surface area contributed by atoms with Crippen LogP contribution in [0.15, 0.2) is 42.5 Å². The van der Waals surface area contributed by atoms with E-state index in [1.54, 1.807) is 0 Å². The minimum atomic E-state index is -1.30. The van der Waals surface area contributed by atoms with E-state index in [4.69, 9.17) is 23.2 Å². The maximum atomic E-state index is 12.9. The summed E-state index contributed by atoms with van der Waals surface area (Å²) >= 11 is 10.9. The standard InChI is InChI=1S/C14H9Cl2FN2O3/c15-14(16)13(20)8-1-6-11(12(7-8)19(21)22)18-10-4-2-9(17)3-5-10/h1-7,14,18H. The molecule has 0 heterocycles. The molecular weight excluding hydrogens is 334 g/mol. The van der Waals surface area contributed by atoms with Crippen LogP contribution in [0.2, 0.25) is 0 Å². The molecule has 0 saturated carbocycles. The van der Waals surface area contributed by atoms with Crippen molar-refractivity contribution in [3.05, 3.63) is 64.0 Å². The summed E-state index contributed by atoms with van der Waals surface area (Å²) in [6.07, 6.45) is 0. The molecule has 0 saturated heterocycles. The molecule has 22 heavy (non-hydrogen) atoms. The number of nitro benzene ring substituents is 1. The van der Waals surface area contributed by atoms with Gasteiger partial charge in [0.05, 0.1) is 4.92 Å². The van der Waals surface area contributed by atoms with Crippen molar-refractivity contribution >= 4 is 46.0 Å². The van der Waals surface area contributed by atoms with Crippen molar-refractivity contribution < 1.29 is 14.1 Å². The van der Waals surface area contributed by atoms with E-state index >= 15 is 0 Å². The zero-order chi connectivity index (χ0) is 16.3. The van der Waals surface area contributed by atoms with E-state index in [1.165, 1.54) is 36.4 Å². The maximum absolute atomic E-state index is 12.9. The number of nitrogens with one attached hydrogen (secondary N) is 1. The van der Waals surface area contributed by atoms with Gasteiger partial charge in [-0.1, -0.05) is 23.2 Å². The van der Waals surface area contributed by atoms with Crippen molar-refractivity contribution in [2.45, 2.75) is 4.84 Å². The van der Waals surface area contributed by atoms with E-state index in [0.29, 0.717) is 5.69 Å². The Morgan fingerprint density at radius 1 is 1.18 bits per heavy atom. The number of hydrogen-bond acceptors (Lipinski definition) is 4. The van der Waals surface area contributed by atoms with Gasteiger partial charge in [0.25, 0.3) is 5.69 Å². The highest BCUT2D eigenvalue weighted by Crippen LogP contribution is 2.29. The minimum Gasteiger partial charge on any atom is -0.350 e. The van der Waals surface area contributed by atoms with Gasteiger partial charge in [0.15, 0.2) is 10.6 Å². The molecule has 0 unspecified atom stereocenters. The van der Waals surface area contributed by atoms with Crippen LogP contribution in [0.1, 0.15) is 10.4 Å². The fourth-order valence-electron chi connectivity index (χ4n) is 1.76. The lowest BCUT2D eigenvalue weighted by Crippen LogP contribution is -2.09. The molecular formula is C14H9Cl2FN2O3. The number of carbonyl (C=O) groups is 1. The van der Waals surface area contributed by atoms with Crippen LogP contribution in [0.5, 0.6) is 0 Å². The summed E-state index contributed by atoms with van der Waals surface area (Å²) in [4.78, 5) is 20.9. The minimum absolute atomic E-state index is 0.0337. The maximum Gasteiger partial charge on any atom is 0.293 e. The third kappa shape index (κ3) is 3.72. The number of ketones is 1. The Morgan fingerprint density at radius 2 is 1.82 bits per heavy atom. The predicted molar refractivity (Wildman–Crippen MR) is 82.6 cm³/mol. The van der Waals surface area contributed by atoms with Crippen molar-refractivity contribution in [1.29, 1.82) is 0 Å². The van der Waals surface area contributed by atoms with Gasteiger partial charge in [-0.3, -0.25) is 14.9 Å². The largest absolute Gasteiger partial charge is 0.350 e. The lowest BCUT2D eigenvalue weighted by molar-refractivity contribution is -0.383. The average molecular weight is 343 g/mol. The summed E-state index contributed by atoms with van der Waals surface area (Å²) in [5.74, 6) is -1.05. The molecule has 0 spiro atoms. The normalized spacial score (nSPS) is 10.5. The Kier molecular flexibility index (Phi) is 4.95. The predicted octanol–water partition coefficient (Wildman–Crippen LogP) is 4.46. The number of halogens is 3. The summed E-state index contributed by atoms with van der Waals surface area (Å²) in [6.45, 7) is 0. The topological polar surface area (TPSA) is 72.2 Å². The van der Waals surface area contributed by atoms with Crippen molar-refractivity contribution in [3.8, 4) is 0 Å². The first-order valence-corrected chi connectivity index (χ1v) is 6.89. The van der Waals surface area contributed by atoms with Gasteiger partial charge < -0.3 is 5.32 Å². The number of hydrogen-bond donors (Lipinski definition) is 1. The van der Waals surface area contributed by atoms with Gasteiger partial charge in [-0.05, 0) is 36.4 Å². The summed E-state index contributed by atoms with van der Waals surface area (Å²) in [5, 5.41) is 13.9. The third-order valence-corrected chi connectivity index (χ3v) is 3.20. The number of nitrogens with zero attached hydrogens (tertiary/aromatic N) is 1. The fourth-order valence-corrected chi connectivity index (χ4v) is 2.01. The van der Waals surface area contributed by atoms with Gasteiger partial charge in [-0.25, -0.2) is 4.39 Å². The molecule has 0 aliphatic carbocycles. The van der Waals surface area contributed by atoms with Gasteiger partial charge in [0.2, 0.25) is 0 Å². The van der Waals surface area contributed by atoms with E-state index < -0.39 is 21.4 Å². The van der Waals surface area contributed by atoms with Gasteiger partial charge in [-0.2, -0.15) is 0 Å². The SMILES string of the molecule is O=C(c1ccc(Nc2ccc(F)cc2)c([N+](=O)[O-])c1)C(Cl)Cl. The average Bonchev–Trinajstić information content (AvgIpc) is 2.49. The number of alkyl halides is 2. The van der Waals surface area contributed by atoms with Crippen molar-refractivity contribution in [2.75, 3.05) is 5.32 Å². The van der Waals surface area contributed by atoms with Crippen molar-refractivity contribution in [1.82, 2.24) is 0 Å². The molecule has 2 rings (SSSR count). The molecule has 2 aromatic carbocycles. The molecule has 0 bridgehead atoms. The van der Waals surface area contributed by atoms with Crippen LogP contribution in [-0.2, 0) is 0 Å². The first kappa shape index (κ1) is 16.2. The highest BCUT2D eigenvalue weighted by molar-refractivity contribution is 6.55. The molecule has 8 heteroatoms. The summed E-state index contributed by atoms with van der Waals surface area (Å²) in [5.41, 5.74) is 0.348. The third-order valence-electron chi connectivity index (χ3n) is 2.80. The van der Waals surface area contributed by atoms with Crippen LogP contribution in [0.25, 0.3) is 0 Å². The molecule has 0 fully saturated rings. The number of nitro groups is 1. The lowest BCUT2D eigenvalue weighted by Gasteiger charge is -2.09. The number of Topliss-reactive ketones (excluding diaryl/α,β-unsaturated/α-hetero) is 1. The summed E-state index contributed by atoms with van der Waals surface area (Å²) in [6, 6.07) is 9.14. The van der Waals surface area contributed by atoms with Crippen LogP contribution in [0, 0.1) is 15.9 Å². The second-order valence-electron chi connectivity index (χ2n) is 4.29. The smallest absolute Gasteiger partial charge is 0.293 e. The molecule has 0 aromatic heterocycles. The second kappa shape index (κ2) is 6.72. The first-order valence-electron chi connectivity index (χ1n) is 6.02. The molecule has 0 aliphatic rings. The van der Waals surface area contributed by atoms with Crippen LogP contribution in [0.4, 0.5) is 21.5 Å². The van der Waals surface area contributed by atoms with Gasteiger partial charge in [0.1, 0.15) is 11.5 Å². The monoisotopic (exact) mass is 342 g/mol. The van der Waals surface area contributed by atoms with Gasteiger partial charge in [-0.15, -0.1) is 0 Å². The van der Waals surface area contributed by atoms with Crippen LogP contribution in [-0.4, -0.2) is 15.5 Å². The van der Waals surface area contributed by atoms with Crippen LogP contribution < -0.4 is 5.32 Å². The molecule has 2 aromatic rings. The van der Waals surface area contributed by atoms with E-state index in [-0.39, 0.29) is 16.9 Å². The fraction of sp³-hybridized carbons (Fsp3) is 0.0714.